The first-order valence-corrected chi connectivity index (χ1v) is 10.8. The smallest absolute Gasteiger partial charge is 0.306 e. The summed E-state index contributed by atoms with van der Waals surface area (Å²) in [5, 5.41) is 9.71. The Balaban J connectivity index is 1.66. The van der Waals surface area contributed by atoms with Gasteiger partial charge in [0.25, 0.3) is 0 Å². The van der Waals surface area contributed by atoms with Gasteiger partial charge in [-0.15, -0.1) is 0 Å². The molecule has 0 radical (unpaired) electrons. The number of para-hydroxylation sites is 1. The lowest BCUT2D eigenvalue weighted by molar-refractivity contribution is 0.503. The molecule has 0 fully saturated rings. The summed E-state index contributed by atoms with van der Waals surface area (Å²) in [6, 6.07) is 35.2. The zero-order chi connectivity index (χ0) is 19.9. The summed E-state index contributed by atoms with van der Waals surface area (Å²) >= 11 is 0. The Morgan fingerprint density at radius 1 is 0.517 bits per heavy atom. The van der Waals surface area contributed by atoms with Crippen LogP contribution in [0.2, 0.25) is 0 Å². The average Bonchev–Trinajstić information content (AvgIpc) is 2.80. The van der Waals surface area contributed by atoms with Crippen molar-refractivity contribution in [3.8, 4) is 5.75 Å². The molecule has 4 aromatic carbocycles. The van der Waals surface area contributed by atoms with Gasteiger partial charge >= 0.3 is 7.37 Å². The molecule has 0 aliphatic rings. The van der Waals surface area contributed by atoms with E-state index < -0.39 is 7.37 Å². The van der Waals surface area contributed by atoms with Crippen LogP contribution in [-0.4, -0.2) is 0 Å². The summed E-state index contributed by atoms with van der Waals surface area (Å²) in [7, 11) is -3.32. The molecule has 0 spiro atoms. The van der Waals surface area contributed by atoms with Gasteiger partial charge in [0, 0.05) is 0 Å². The van der Waals surface area contributed by atoms with Crippen LogP contribution in [-0.2, 0) is 4.57 Å². The summed E-state index contributed by atoms with van der Waals surface area (Å²) in [5.74, 6) is 0.563. The minimum Gasteiger partial charge on any atom is -0.437 e. The van der Waals surface area contributed by atoms with Gasteiger partial charge < -0.3 is 4.52 Å². The van der Waals surface area contributed by atoms with Gasteiger partial charge in [-0.1, -0.05) is 54.6 Å². The molecule has 1 unspecified atom stereocenters. The van der Waals surface area contributed by atoms with E-state index in [4.69, 9.17) is 4.52 Å². The van der Waals surface area contributed by atoms with E-state index in [1.165, 1.54) is 0 Å². The molecule has 4 rings (SSSR count). The fraction of sp³-hybridized carbons (Fsp3) is 0. The summed E-state index contributed by atoms with van der Waals surface area (Å²) in [6.07, 6.45) is 0. The highest BCUT2D eigenvalue weighted by Gasteiger charge is 2.30. The molecular formula is C24H19N2O2P. The monoisotopic (exact) mass is 398 g/mol. The van der Waals surface area contributed by atoms with Crippen molar-refractivity contribution in [3.05, 3.63) is 115 Å². The van der Waals surface area contributed by atoms with Crippen LogP contribution in [0.15, 0.2) is 125 Å². The molecular weight excluding hydrogens is 379 g/mol. The van der Waals surface area contributed by atoms with Gasteiger partial charge in [-0.3, -0.25) is 4.57 Å². The lowest BCUT2D eigenvalue weighted by Crippen LogP contribution is -2.20. The lowest BCUT2D eigenvalue weighted by Gasteiger charge is -2.20. The van der Waals surface area contributed by atoms with E-state index in [1.54, 1.807) is 36.4 Å². The Hall–Kier alpha value is -3.49. The Morgan fingerprint density at radius 3 is 1.55 bits per heavy atom. The largest absolute Gasteiger partial charge is 0.437 e. The van der Waals surface area contributed by atoms with E-state index >= 15 is 0 Å². The maximum absolute atomic E-state index is 14.0. The quantitative estimate of drug-likeness (QED) is 0.278. The second-order valence-electron chi connectivity index (χ2n) is 6.34. The third-order valence-corrected chi connectivity index (χ3v) is 6.72. The van der Waals surface area contributed by atoms with Crippen LogP contribution in [0.25, 0.3) is 0 Å². The standard InChI is InChI=1S/C24H19N2O2P/c27-29(23-14-8-3-9-15-23,28-22-12-6-2-7-13-22)24-18-16-21(17-19-24)26-25-20-10-4-1-5-11-20/h1-19H. The first-order valence-electron chi connectivity index (χ1n) is 9.22. The molecule has 0 saturated heterocycles. The van der Waals surface area contributed by atoms with Crippen molar-refractivity contribution in [2.24, 2.45) is 10.2 Å². The maximum atomic E-state index is 14.0. The van der Waals surface area contributed by atoms with Crippen LogP contribution in [0.4, 0.5) is 11.4 Å². The molecule has 0 amide bonds. The van der Waals surface area contributed by atoms with Gasteiger partial charge in [0.15, 0.2) is 0 Å². The molecule has 4 nitrogen and oxygen atoms in total. The van der Waals surface area contributed by atoms with Gasteiger partial charge in [-0.2, -0.15) is 10.2 Å². The van der Waals surface area contributed by atoms with Crippen molar-refractivity contribution in [2.45, 2.75) is 0 Å². The number of rotatable bonds is 6. The molecule has 0 N–H and O–H groups in total. The van der Waals surface area contributed by atoms with Crippen LogP contribution < -0.4 is 15.1 Å². The van der Waals surface area contributed by atoms with E-state index in [1.807, 2.05) is 78.9 Å². The van der Waals surface area contributed by atoms with Crippen LogP contribution in [0.1, 0.15) is 0 Å². The fourth-order valence-corrected chi connectivity index (χ4v) is 4.87. The highest BCUT2D eigenvalue weighted by molar-refractivity contribution is 7.74. The van der Waals surface area contributed by atoms with Gasteiger partial charge in [0.05, 0.1) is 22.0 Å². The first kappa shape index (κ1) is 18.9. The molecule has 0 aromatic heterocycles. The molecule has 0 aliphatic carbocycles. The summed E-state index contributed by atoms with van der Waals surface area (Å²) in [6.45, 7) is 0. The van der Waals surface area contributed by atoms with Crippen LogP contribution in [0, 0.1) is 0 Å². The fourth-order valence-electron chi connectivity index (χ4n) is 2.83. The van der Waals surface area contributed by atoms with Crippen LogP contribution >= 0.6 is 7.37 Å². The van der Waals surface area contributed by atoms with Crippen molar-refractivity contribution in [2.75, 3.05) is 0 Å². The third kappa shape index (κ3) is 4.50. The zero-order valence-corrected chi connectivity index (χ0v) is 16.5. The molecule has 0 saturated carbocycles. The van der Waals surface area contributed by atoms with Crippen LogP contribution in [0.3, 0.4) is 0 Å². The Bertz CT molecular complexity index is 1130. The van der Waals surface area contributed by atoms with E-state index in [9.17, 15) is 4.57 Å². The van der Waals surface area contributed by atoms with Crippen molar-refractivity contribution in [1.29, 1.82) is 0 Å². The number of azo groups is 1. The molecule has 0 bridgehead atoms. The molecule has 142 valence electrons. The van der Waals surface area contributed by atoms with E-state index in [2.05, 4.69) is 10.2 Å². The van der Waals surface area contributed by atoms with Crippen molar-refractivity contribution >= 4 is 29.4 Å². The minimum absolute atomic E-state index is 0.563. The number of hydrogen-bond donors (Lipinski definition) is 0. The summed E-state index contributed by atoms with van der Waals surface area (Å²) in [4.78, 5) is 0. The van der Waals surface area contributed by atoms with E-state index in [0.717, 1.165) is 5.69 Å². The first-order chi connectivity index (χ1) is 14.2. The highest BCUT2D eigenvalue weighted by atomic mass is 31.2. The Morgan fingerprint density at radius 2 is 0.966 bits per heavy atom. The molecule has 5 heteroatoms. The van der Waals surface area contributed by atoms with Gasteiger partial charge in [-0.25, -0.2) is 0 Å². The zero-order valence-electron chi connectivity index (χ0n) is 15.6. The minimum atomic E-state index is -3.32. The predicted molar refractivity (Wildman–Crippen MR) is 117 cm³/mol. The highest BCUT2D eigenvalue weighted by Crippen LogP contribution is 2.45. The van der Waals surface area contributed by atoms with Gasteiger partial charge in [-0.05, 0) is 60.7 Å². The predicted octanol–water partition coefficient (Wildman–Crippen LogP) is 6.41. The lowest BCUT2D eigenvalue weighted by atomic mass is 10.3. The second kappa shape index (κ2) is 8.68. The van der Waals surface area contributed by atoms with E-state index in [-0.39, 0.29) is 0 Å². The Labute approximate surface area is 170 Å². The number of nitrogens with zero attached hydrogens (tertiary/aromatic N) is 2. The number of benzene rings is 4. The summed E-state index contributed by atoms with van der Waals surface area (Å²) < 4.78 is 20.0. The van der Waals surface area contributed by atoms with Gasteiger partial charge in [0.1, 0.15) is 5.75 Å². The van der Waals surface area contributed by atoms with Crippen LogP contribution in [0.5, 0.6) is 5.75 Å². The topological polar surface area (TPSA) is 51.0 Å². The van der Waals surface area contributed by atoms with Gasteiger partial charge in [0.2, 0.25) is 0 Å². The number of hydrogen-bond acceptors (Lipinski definition) is 4. The maximum Gasteiger partial charge on any atom is 0.306 e. The van der Waals surface area contributed by atoms with E-state index in [0.29, 0.717) is 22.0 Å². The summed E-state index contributed by atoms with van der Waals surface area (Å²) in [5.41, 5.74) is 1.45. The Kier molecular flexibility index (Phi) is 5.64. The SMILES string of the molecule is O=P(Oc1ccccc1)(c1ccccc1)c1ccc(N=Nc2ccccc2)cc1. The van der Waals surface area contributed by atoms with Crippen molar-refractivity contribution in [3.63, 3.8) is 0 Å². The molecule has 0 heterocycles. The molecule has 1 atom stereocenters. The molecule has 29 heavy (non-hydrogen) atoms. The normalized spacial score (nSPS) is 13.1. The third-order valence-electron chi connectivity index (χ3n) is 4.30. The second-order valence-corrected chi connectivity index (χ2v) is 8.66. The molecule has 4 aromatic rings. The molecule has 0 aliphatic heterocycles. The van der Waals surface area contributed by atoms with Crippen molar-refractivity contribution < 1.29 is 9.09 Å². The average molecular weight is 398 g/mol. The van der Waals surface area contributed by atoms with Crippen molar-refractivity contribution in [1.82, 2.24) is 0 Å².